The minimum Gasteiger partial charge on any atom is -0.411 e. The zero-order chi connectivity index (χ0) is 16.2. The molecule has 2 aromatic rings. The van der Waals surface area contributed by atoms with Crippen LogP contribution in [0.2, 0.25) is 0 Å². The van der Waals surface area contributed by atoms with E-state index in [0.29, 0.717) is 29.0 Å². The van der Waals surface area contributed by atoms with Gasteiger partial charge < -0.3 is 9.32 Å². The molecule has 2 atom stereocenters. The van der Waals surface area contributed by atoms with Gasteiger partial charge in [0.2, 0.25) is 11.8 Å². The maximum Gasteiger partial charge on any atom is 0.277 e. The number of carbonyl (C=O) groups excluding carboxylic acids is 1. The fraction of sp³-hybridized carbons (Fsp3) is 0.471. The average Bonchev–Trinajstić information content (AvgIpc) is 3.02. The van der Waals surface area contributed by atoms with Gasteiger partial charge in [-0.1, -0.05) is 30.0 Å². The Balaban J connectivity index is 1.60. The first-order valence-corrected chi connectivity index (χ1v) is 8.96. The van der Waals surface area contributed by atoms with Crippen LogP contribution in [-0.2, 0) is 4.79 Å². The lowest BCUT2D eigenvalue weighted by Crippen LogP contribution is -2.48. The Bertz CT molecular complexity index is 649. The van der Waals surface area contributed by atoms with Crippen LogP contribution in [0.25, 0.3) is 11.5 Å². The lowest BCUT2D eigenvalue weighted by molar-refractivity contribution is -0.134. The summed E-state index contributed by atoms with van der Waals surface area (Å²) in [4.78, 5) is 14.5. The lowest BCUT2D eigenvalue weighted by Gasteiger charge is -2.39. The van der Waals surface area contributed by atoms with Crippen LogP contribution in [0, 0.1) is 0 Å². The molecule has 1 amide bonds. The highest BCUT2D eigenvalue weighted by molar-refractivity contribution is 7.99. The molecule has 2 heterocycles. The fourth-order valence-corrected chi connectivity index (χ4v) is 3.71. The number of hydrogen-bond donors (Lipinski definition) is 0. The second-order valence-electron chi connectivity index (χ2n) is 5.96. The molecule has 3 rings (SSSR count). The van der Waals surface area contributed by atoms with Crippen molar-refractivity contribution in [1.82, 2.24) is 15.1 Å². The second-order valence-corrected chi connectivity index (χ2v) is 6.88. The van der Waals surface area contributed by atoms with Crippen molar-refractivity contribution in [3.8, 4) is 11.5 Å². The van der Waals surface area contributed by atoms with Gasteiger partial charge in [0.15, 0.2) is 0 Å². The number of carbonyl (C=O) groups is 1. The Labute approximate surface area is 140 Å². The van der Waals surface area contributed by atoms with E-state index in [1.807, 2.05) is 35.2 Å². The summed E-state index contributed by atoms with van der Waals surface area (Å²) >= 11 is 1.31. The molecule has 0 spiro atoms. The molecular weight excluding hydrogens is 310 g/mol. The van der Waals surface area contributed by atoms with Crippen LogP contribution < -0.4 is 0 Å². The molecule has 0 N–H and O–H groups in total. The minimum atomic E-state index is 0.147. The number of hydrogen-bond acceptors (Lipinski definition) is 5. The monoisotopic (exact) mass is 331 g/mol. The molecular formula is C17H21N3O2S. The molecule has 1 fully saturated rings. The van der Waals surface area contributed by atoms with Crippen LogP contribution in [0.4, 0.5) is 0 Å². The molecule has 5 nitrogen and oxygen atoms in total. The molecule has 1 aliphatic rings. The Kier molecular flexibility index (Phi) is 5.00. The van der Waals surface area contributed by atoms with E-state index in [2.05, 4.69) is 24.0 Å². The van der Waals surface area contributed by atoms with Gasteiger partial charge in [0, 0.05) is 17.6 Å². The predicted octanol–water partition coefficient (Wildman–Crippen LogP) is 3.62. The van der Waals surface area contributed by atoms with Crippen molar-refractivity contribution in [2.45, 2.75) is 50.4 Å². The topological polar surface area (TPSA) is 59.2 Å². The molecule has 1 aliphatic heterocycles. The van der Waals surface area contributed by atoms with Gasteiger partial charge in [-0.2, -0.15) is 0 Å². The summed E-state index contributed by atoms with van der Waals surface area (Å²) < 4.78 is 5.63. The first-order chi connectivity index (χ1) is 11.1. The smallest absolute Gasteiger partial charge is 0.277 e. The second kappa shape index (κ2) is 7.17. The molecule has 0 radical (unpaired) electrons. The molecule has 1 aromatic heterocycles. The normalized spacial score (nSPS) is 21.4. The number of amides is 1. The van der Waals surface area contributed by atoms with Crippen LogP contribution in [-0.4, -0.2) is 38.8 Å². The third-order valence-electron chi connectivity index (χ3n) is 4.23. The molecule has 0 unspecified atom stereocenters. The summed E-state index contributed by atoms with van der Waals surface area (Å²) in [6.45, 7) is 4.25. The zero-order valence-corrected chi connectivity index (χ0v) is 14.3. The quantitative estimate of drug-likeness (QED) is 0.801. The molecule has 122 valence electrons. The first-order valence-electron chi connectivity index (χ1n) is 7.98. The molecule has 23 heavy (non-hydrogen) atoms. The Morgan fingerprint density at radius 3 is 2.61 bits per heavy atom. The highest BCUT2D eigenvalue weighted by Gasteiger charge is 2.29. The van der Waals surface area contributed by atoms with Crippen LogP contribution in [0.1, 0.15) is 33.1 Å². The van der Waals surface area contributed by atoms with Gasteiger partial charge >= 0.3 is 0 Å². The summed E-state index contributed by atoms with van der Waals surface area (Å²) in [6.07, 6.45) is 3.36. The largest absolute Gasteiger partial charge is 0.411 e. The Hall–Kier alpha value is -1.82. The maximum atomic E-state index is 12.5. The standard InChI is InChI=1S/C17H21N3O2S/c1-12-7-6-8-13(2)20(12)15(21)11-23-17-19-18-16(22-17)14-9-4-3-5-10-14/h3-5,9-10,12-13H,6-8,11H2,1-2H3/t12-,13+. The van der Waals surface area contributed by atoms with Crippen molar-refractivity contribution < 1.29 is 9.21 Å². The molecule has 1 saturated heterocycles. The third kappa shape index (κ3) is 3.75. The molecule has 6 heteroatoms. The summed E-state index contributed by atoms with van der Waals surface area (Å²) in [6, 6.07) is 10.3. The summed E-state index contributed by atoms with van der Waals surface area (Å²) in [7, 11) is 0. The number of thioether (sulfide) groups is 1. The van der Waals surface area contributed by atoms with Gasteiger partial charge in [-0.3, -0.25) is 4.79 Å². The average molecular weight is 331 g/mol. The van der Waals surface area contributed by atoms with E-state index in [0.717, 1.165) is 18.4 Å². The third-order valence-corrected chi connectivity index (χ3v) is 5.03. The predicted molar refractivity (Wildman–Crippen MR) is 90.1 cm³/mol. The SMILES string of the molecule is C[C@@H]1CCC[C@H](C)N1C(=O)CSc1nnc(-c2ccccc2)o1. The van der Waals surface area contributed by atoms with Gasteiger partial charge in [-0.05, 0) is 45.2 Å². The van der Waals surface area contributed by atoms with Gasteiger partial charge in [-0.15, -0.1) is 10.2 Å². The van der Waals surface area contributed by atoms with Gasteiger partial charge in [0.1, 0.15) is 0 Å². The summed E-state index contributed by atoms with van der Waals surface area (Å²) in [5.41, 5.74) is 0.886. The summed E-state index contributed by atoms with van der Waals surface area (Å²) in [5, 5.41) is 8.51. The molecule has 0 bridgehead atoms. The minimum absolute atomic E-state index is 0.147. The fourth-order valence-electron chi connectivity index (χ4n) is 3.08. The Morgan fingerprint density at radius 1 is 1.22 bits per heavy atom. The first kappa shape index (κ1) is 16.1. The van der Waals surface area contributed by atoms with Crippen molar-refractivity contribution in [3.63, 3.8) is 0 Å². The molecule has 1 aromatic carbocycles. The van der Waals surface area contributed by atoms with E-state index in [-0.39, 0.29) is 5.91 Å². The van der Waals surface area contributed by atoms with E-state index in [4.69, 9.17) is 4.42 Å². The van der Waals surface area contributed by atoms with Gasteiger partial charge in [0.25, 0.3) is 5.22 Å². The van der Waals surface area contributed by atoms with Crippen molar-refractivity contribution in [3.05, 3.63) is 30.3 Å². The zero-order valence-electron chi connectivity index (χ0n) is 13.4. The number of aromatic nitrogens is 2. The molecule has 0 saturated carbocycles. The lowest BCUT2D eigenvalue weighted by atomic mass is 9.98. The van der Waals surface area contributed by atoms with Crippen LogP contribution in [0.15, 0.2) is 40.0 Å². The maximum absolute atomic E-state index is 12.5. The van der Waals surface area contributed by atoms with E-state index in [1.165, 1.54) is 18.2 Å². The van der Waals surface area contributed by atoms with Crippen molar-refractivity contribution in [1.29, 1.82) is 0 Å². The van der Waals surface area contributed by atoms with E-state index < -0.39 is 0 Å². The summed E-state index contributed by atoms with van der Waals surface area (Å²) in [5.74, 6) is 0.972. The van der Waals surface area contributed by atoms with E-state index in [1.54, 1.807) is 0 Å². The number of nitrogens with zero attached hydrogens (tertiary/aromatic N) is 3. The van der Waals surface area contributed by atoms with Crippen molar-refractivity contribution in [2.75, 3.05) is 5.75 Å². The number of benzene rings is 1. The van der Waals surface area contributed by atoms with E-state index in [9.17, 15) is 4.79 Å². The van der Waals surface area contributed by atoms with Crippen molar-refractivity contribution >= 4 is 17.7 Å². The highest BCUT2D eigenvalue weighted by atomic mass is 32.2. The number of rotatable bonds is 4. The molecule has 0 aliphatic carbocycles. The van der Waals surface area contributed by atoms with Crippen molar-refractivity contribution in [2.24, 2.45) is 0 Å². The van der Waals surface area contributed by atoms with Gasteiger partial charge in [-0.25, -0.2) is 0 Å². The van der Waals surface area contributed by atoms with Crippen LogP contribution in [0.3, 0.4) is 0 Å². The Morgan fingerprint density at radius 2 is 1.91 bits per heavy atom. The number of likely N-dealkylation sites (tertiary alicyclic amines) is 1. The van der Waals surface area contributed by atoms with E-state index >= 15 is 0 Å². The van der Waals surface area contributed by atoms with Crippen LogP contribution in [0.5, 0.6) is 0 Å². The highest BCUT2D eigenvalue weighted by Crippen LogP contribution is 2.26. The van der Waals surface area contributed by atoms with Crippen LogP contribution >= 0.6 is 11.8 Å². The van der Waals surface area contributed by atoms with Gasteiger partial charge in [0.05, 0.1) is 5.75 Å². The number of piperidine rings is 1.